The molecular weight excluding hydrogens is 244 g/mol. The first-order valence-electron chi connectivity index (χ1n) is 8.31. The third-order valence-electron chi connectivity index (χ3n) is 4.35. The van der Waals surface area contributed by atoms with Crippen molar-refractivity contribution in [2.24, 2.45) is 0 Å². The van der Waals surface area contributed by atoms with E-state index in [0.717, 1.165) is 6.04 Å². The van der Waals surface area contributed by atoms with Crippen molar-refractivity contribution in [1.29, 1.82) is 0 Å². The molecule has 1 aromatic rings. The maximum Gasteiger partial charge on any atom is 0.0221 e. The van der Waals surface area contributed by atoms with Crippen LogP contribution in [0.25, 0.3) is 0 Å². The van der Waals surface area contributed by atoms with E-state index >= 15 is 0 Å². The van der Waals surface area contributed by atoms with Gasteiger partial charge < -0.3 is 5.32 Å². The van der Waals surface area contributed by atoms with Gasteiger partial charge in [0.05, 0.1) is 0 Å². The highest BCUT2D eigenvalue weighted by Gasteiger charge is 2.24. The predicted molar refractivity (Wildman–Crippen MR) is 87.1 cm³/mol. The van der Waals surface area contributed by atoms with Crippen LogP contribution in [0.5, 0.6) is 0 Å². The summed E-state index contributed by atoms with van der Waals surface area (Å²) < 4.78 is 0. The lowest BCUT2D eigenvalue weighted by molar-refractivity contribution is 0.125. The van der Waals surface area contributed by atoms with Crippen LogP contribution in [0.4, 0.5) is 0 Å². The Kier molecular flexibility index (Phi) is 6.55. The van der Waals surface area contributed by atoms with Crippen molar-refractivity contribution in [1.82, 2.24) is 10.2 Å². The molecule has 2 unspecified atom stereocenters. The van der Waals surface area contributed by atoms with E-state index < -0.39 is 0 Å². The number of rotatable bonds is 7. The first kappa shape index (κ1) is 15.5. The molecule has 112 valence electrons. The van der Waals surface area contributed by atoms with Gasteiger partial charge in [-0.2, -0.15) is 0 Å². The molecule has 0 radical (unpaired) electrons. The van der Waals surface area contributed by atoms with Crippen LogP contribution >= 0.6 is 0 Å². The van der Waals surface area contributed by atoms with Crippen LogP contribution < -0.4 is 5.32 Å². The summed E-state index contributed by atoms with van der Waals surface area (Å²) in [6.07, 6.45) is 6.48. The van der Waals surface area contributed by atoms with Gasteiger partial charge in [-0.05, 0) is 44.7 Å². The van der Waals surface area contributed by atoms with E-state index in [0.29, 0.717) is 6.04 Å². The van der Waals surface area contributed by atoms with Crippen LogP contribution in [0.1, 0.15) is 45.1 Å². The average molecular weight is 274 g/mol. The number of unbranched alkanes of at least 4 members (excludes halogenated alkanes) is 1. The molecule has 0 saturated carbocycles. The van der Waals surface area contributed by atoms with Gasteiger partial charge in [0.1, 0.15) is 0 Å². The Balaban J connectivity index is 1.70. The second-order valence-corrected chi connectivity index (χ2v) is 6.19. The van der Waals surface area contributed by atoms with Gasteiger partial charge in [-0.3, -0.25) is 4.90 Å². The van der Waals surface area contributed by atoms with E-state index in [1.807, 2.05) is 0 Å². The Morgan fingerprint density at radius 2 is 2.00 bits per heavy atom. The Labute approximate surface area is 124 Å². The third-order valence-corrected chi connectivity index (χ3v) is 4.35. The smallest absolute Gasteiger partial charge is 0.0221 e. The normalized spacial score (nSPS) is 23.9. The molecule has 1 N–H and O–H groups in total. The number of nitrogens with one attached hydrogen (secondary N) is 1. The molecule has 1 fully saturated rings. The molecule has 0 amide bonds. The summed E-state index contributed by atoms with van der Waals surface area (Å²) in [5.74, 6) is 0. The van der Waals surface area contributed by atoms with E-state index in [1.54, 1.807) is 0 Å². The van der Waals surface area contributed by atoms with E-state index in [2.05, 4.69) is 54.4 Å². The lowest BCUT2D eigenvalue weighted by Gasteiger charge is -2.39. The molecule has 0 bridgehead atoms. The number of hydrogen-bond acceptors (Lipinski definition) is 2. The fourth-order valence-corrected chi connectivity index (χ4v) is 3.21. The summed E-state index contributed by atoms with van der Waals surface area (Å²) in [7, 11) is 0. The van der Waals surface area contributed by atoms with Crippen molar-refractivity contribution in [3.8, 4) is 0 Å². The molecule has 1 aliphatic heterocycles. The lowest BCUT2D eigenvalue weighted by atomic mass is 10.0. The molecule has 1 heterocycles. The summed E-state index contributed by atoms with van der Waals surface area (Å²) in [6, 6.07) is 12.3. The van der Waals surface area contributed by atoms with Crippen LogP contribution in [0.2, 0.25) is 0 Å². The topological polar surface area (TPSA) is 15.3 Å². The first-order valence-corrected chi connectivity index (χ1v) is 8.31. The molecule has 1 saturated heterocycles. The zero-order valence-corrected chi connectivity index (χ0v) is 13.1. The van der Waals surface area contributed by atoms with Gasteiger partial charge in [-0.15, -0.1) is 0 Å². The van der Waals surface area contributed by atoms with Crippen LogP contribution in [0.3, 0.4) is 0 Å². The zero-order chi connectivity index (χ0) is 14.2. The van der Waals surface area contributed by atoms with E-state index in [-0.39, 0.29) is 0 Å². The minimum atomic E-state index is 0.650. The van der Waals surface area contributed by atoms with E-state index in [1.165, 1.54) is 57.3 Å². The van der Waals surface area contributed by atoms with Gasteiger partial charge in [-0.1, -0.05) is 43.7 Å². The second-order valence-electron chi connectivity index (χ2n) is 6.19. The predicted octanol–water partition coefficient (Wildman–Crippen LogP) is 3.47. The molecule has 2 heteroatoms. The van der Waals surface area contributed by atoms with Gasteiger partial charge in [0.2, 0.25) is 0 Å². The van der Waals surface area contributed by atoms with Gasteiger partial charge in [0.25, 0.3) is 0 Å². The largest absolute Gasteiger partial charge is 0.311 e. The summed E-state index contributed by atoms with van der Waals surface area (Å²) in [5, 5.41) is 3.62. The minimum absolute atomic E-state index is 0.650. The highest BCUT2D eigenvalue weighted by atomic mass is 15.2. The summed E-state index contributed by atoms with van der Waals surface area (Å²) in [4.78, 5) is 2.72. The second kappa shape index (κ2) is 8.43. The Morgan fingerprint density at radius 1 is 1.20 bits per heavy atom. The van der Waals surface area contributed by atoms with Crippen molar-refractivity contribution in [3.05, 3.63) is 35.9 Å². The number of piperazine rings is 1. The Bertz CT molecular complexity index is 363. The van der Waals surface area contributed by atoms with Crippen molar-refractivity contribution in [2.75, 3.05) is 19.6 Å². The van der Waals surface area contributed by atoms with Crippen LogP contribution in [0.15, 0.2) is 30.3 Å². The third kappa shape index (κ3) is 4.92. The Hall–Kier alpha value is -0.860. The van der Waals surface area contributed by atoms with Crippen molar-refractivity contribution < 1.29 is 0 Å². The van der Waals surface area contributed by atoms with Crippen molar-refractivity contribution >= 4 is 0 Å². The lowest BCUT2D eigenvalue weighted by Crippen LogP contribution is -2.55. The average Bonchev–Trinajstić information content (AvgIpc) is 2.47. The molecule has 2 rings (SSSR count). The number of hydrogen-bond donors (Lipinski definition) is 1. The van der Waals surface area contributed by atoms with Crippen molar-refractivity contribution in [2.45, 2.75) is 58.0 Å². The van der Waals surface area contributed by atoms with E-state index in [9.17, 15) is 0 Å². The fraction of sp³-hybridized carbons (Fsp3) is 0.667. The number of nitrogens with zero attached hydrogens (tertiary/aromatic N) is 1. The fourth-order valence-electron chi connectivity index (χ4n) is 3.21. The van der Waals surface area contributed by atoms with Crippen LogP contribution in [-0.4, -0.2) is 36.6 Å². The van der Waals surface area contributed by atoms with Crippen LogP contribution in [0, 0.1) is 0 Å². The summed E-state index contributed by atoms with van der Waals surface area (Å²) >= 11 is 0. The molecule has 2 atom stereocenters. The highest BCUT2D eigenvalue weighted by molar-refractivity contribution is 5.14. The summed E-state index contributed by atoms with van der Waals surface area (Å²) in [5.41, 5.74) is 1.48. The highest BCUT2D eigenvalue weighted by Crippen LogP contribution is 2.14. The first-order chi connectivity index (χ1) is 9.79. The molecule has 0 aliphatic carbocycles. The quantitative estimate of drug-likeness (QED) is 0.766. The SMILES string of the molecule is CCCC1CNC(C)CN1CCCCc1ccccc1. The molecule has 0 aromatic heterocycles. The van der Waals surface area contributed by atoms with Gasteiger partial charge in [0, 0.05) is 25.2 Å². The molecule has 0 spiro atoms. The minimum Gasteiger partial charge on any atom is -0.311 e. The van der Waals surface area contributed by atoms with Crippen LogP contribution in [-0.2, 0) is 6.42 Å². The van der Waals surface area contributed by atoms with Gasteiger partial charge in [-0.25, -0.2) is 0 Å². The molecule has 1 aliphatic rings. The Morgan fingerprint density at radius 3 is 2.75 bits per heavy atom. The summed E-state index contributed by atoms with van der Waals surface area (Å²) in [6.45, 7) is 8.26. The van der Waals surface area contributed by atoms with Gasteiger partial charge in [0.15, 0.2) is 0 Å². The van der Waals surface area contributed by atoms with Gasteiger partial charge >= 0.3 is 0 Å². The molecule has 20 heavy (non-hydrogen) atoms. The zero-order valence-electron chi connectivity index (χ0n) is 13.1. The number of aryl methyl sites for hydroxylation is 1. The monoisotopic (exact) mass is 274 g/mol. The standard InChI is InChI=1S/C18H30N2/c1-3-9-18-14-19-16(2)15-20(18)13-8-7-12-17-10-5-4-6-11-17/h4-6,10-11,16,18-19H,3,7-9,12-15H2,1-2H3. The molecular formula is C18H30N2. The number of benzene rings is 1. The molecule has 1 aromatic carbocycles. The maximum atomic E-state index is 3.62. The maximum absolute atomic E-state index is 3.62. The van der Waals surface area contributed by atoms with Crippen molar-refractivity contribution in [3.63, 3.8) is 0 Å². The van der Waals surface area contributed by atoms with E-state index in [4.69, 9.17) is 0 Å². The molecule has 2 nitrogen and oxygen atoms in total.